The van der Waals surface area contributed by atoms with E-state index in [1.54, 1.807) is 0 Å². The van der Waals surface area contributed by atoms with Crippen LogP contribution >= 0.6 is 0 Å². The number of benzene rings is 1. The molecule has 3 fully saturated rings. The number of ether oxygens (including phenoxy) is 1. The van der Waals surface area contributed by atoms with Crippen molar-refractivity contribution in [1.29, 1.82) is 0 Å². The molecule has 8 heteroatoms. The van der Waals surface area contributed by atoms with Crippen LogP contribution in [-0.2, 0) is 19.1 Å². The normalized spacial score (nSPS) is 32.2. The summed E-state index contributed by atoms with van der Waals surface area (Å²) >= 11 is 0. The van der Waals surface area contributed by atoms with Gasteiger partial charge in [0.25, 0.3) is 0 Å². The minimum atomic E-state index is -1.04. The van der Waals surface area contributed by atoms with Gasteiger partial charge in [-0.25, -0.2) is 0 Å². The van der Waals surface area contributed by atoms with Crippen molar-refractivity contribution in [2.75, 3.05) is 25.0 Å². The standard InChI is InChI=1S/C25H35N3O5/c1-5-11-26-21(30)18-19-23(32)28(12-6-13-29)20(25(19)10-9-24(18,4)33-25)22(31)27-17-14-15(2)7-8-16(17)3/h7-8,14,18-20,29H,5-6,9-13H2,1-4H3,(H,26,30)(H,27,31)/t18-,19-,20?,24+,25?/m0/s1. The second kappa shape index (κ2) is 8.72. The van der Waals surface area contributed by atoms with Gasteiger partial charge in [0.1, 0.15) is 11.6 Å². The molecular weight excluding hydrogens is 422 g/mol. The summed E-state index contributed by atoms with van der Waals surface area (Å²) in [5, 5.41) is 15.4. The molecule has 0 saturated carbocycles. The molecule has 3 aliphatic rings. The number of anilines is 1. The van der Waals surface area contributed by atoms with Gasteiger partial charge in [0, 0.05) is 25.4 Å². The molecule has 2 bridgehead atoms. The Bertz CT molecular complexity index is 965. The molecule has 180 valence electrons. The van der Waals surface area contributed by atoms with E-state index in [0.717, 1.165) is 17.5 Å². The smallest absolute Gasteiger partial charge is 0.250 e. The zero-order valence-electron chi connectivity index (χ0n) is 19.9. The van der Waals surface area contributed by atoms with Gasteiger partial charge in [0.15, 0.2) is 0 Å². The zero-order valence-corrected chi connectivity index (χ0v) is 19.9. The third-order valence-corrected chi connectivity index (χ3v) is 7.56. The van der Waals surface area contributed by atoms with Crippen LogP contribution in [0.3, 0.4) is 0 Å². The number of hydrogen-bond donors (Lipinski definition) is 3. The number of amides is 3. The number of aliphatic hydroxyl groups excluding tert-OH is 1. The molecule has 1 aromatic carbocycles. The molecule has 3 aliphatic heterocycles. The van der Waals surface area contributed by atoms with Crippen LogP contribution < -0.4 is 10.6 Å². The van der Waals surface area contributed by atoms with E-state index in [4.69, 9.17) is 4.74 Å². The Balaban J connectivity index is 1.71. The molecule has 0 aromatic heterocycles. The van der Waals surface area contributed by atoms with Crippen LogP contribution in [0.15, 0.2) is 18.2 Å². The van der Waals surface area contributed by atoms with Gasteiger partial charge in [-0.1, -0.05) is 19.1 Å². The van der Waals surface area contributed by atoms with Crippen molar-refractivity contribution in [3.63, 3.8) is 0 Å². The molecule has 8 nitrogen and oxygen atoms in total. The predicted octanol–water partition coefficient (Wildman–Crippen LogP) is 1.92. The molecule has 3 saturated heterocycles. The molecule has 2 unspecified atom stereocenters. The fraction of sp³-hybridized carbons (Fsp3) is 0.640. The van der Waals surface area contributed by atoms with Crippen LogP contribution in [0.1, 0.15) is 50.7 Å². The predicted molar refractivity (Wildman–Crippen MR) is 123 cm³/mol. The molecule has 3 amide bonds. The van der Waals surface area contributed by atoms with E-state index in [0.29, 0.717) is 31.5 Å². The minimum absolute atomic E-state index is 0.0915. The fourth-order valence-corrected chi connectivity index (χ4v) is 6.04. The van der Waals surface area contributed by atoms with Gasteiger partial charge in [0.05, 0.1) is 17.4 Å². The fourth-order valence-electron chi connectivity index (χ4n) is 6.04. The van der Waals surface area contributed by atoms with Crippen molar-refractivity contribution in [1.82, 2.24) is 10.2 Å². The number of likely N-dealkylation sites (tertiary alicyclic amines) is 1. The van der Waals surface area contributed by atoms with E-state index in [-0.39, 0.29) is 30.9 Å². The topological polar surface area (TPSA) is 108 Å². The van der Waals surface area contributed by atoms with Gasteiger partial charge in [-0.2, -0.15) is 0 Å². The van der Waals surface area contributed by atoms with Crippen molar-refractivity contribution >= 4 is 23.4 Å². The van der Waals surface area contributed by atoms with E-state index in [1.165, 1.54) is 4.90 Å². The summed E-state index contributed by atoms with van der Waals surface area (Å²) in [5.41, 5.74) is 0.820. The Labute approximate surface area is 195 Å². The molecule has 0 radical (unpaired) electrons. The molecule has 33 heavy (non-hydrogen) atoms. The van der Waals surface area contributed by atoms with Crippen LogP contribution in [0.4, 0.5) is 5.69 Å². The van der Waals surface area contributed by atoms with Gasteiger partial charge in [-0.15, -0.1) is 0 Å². The number of carbonyl (C=O) groups excluding carboxylic acids is 3. The molecule has 3 heterocycles. The van der Waals surface area contributed by atoms with Crippen LogP contribution in [0.5, 0.6) is 0 Å². The highest BCUT2D eigenvalue weighted by molar-refractivity contribution is 6.04. The number of nitrogens with one attached hydrogen (secondary N) is 2. The summed E-state index contributed by atoms with van der Waals surface area (Å²) in [6.45, 7) is 8.43. The number of fused-ring (bicyclic) bond motifs is 1. The van der Waals surface area contributed by atoms with Crippen LogP contribution in [0.25, 0.3) is 0 Å². The Morgan fingerprint density at radius 3 is 2.70 bits per heavy atom. The lowest BCUT2D eigenvalue weighted by atomic mass is 9.66. The Morgan fingerprint density at radius 1 is 1.24 bits per heavy atom. The maximum atomic E-state index is 13.7. The Morgan fingerprint density at radius 2 is 2.00 bits per heavy atom. The van der Waals surface area contributed by atoms with E-state index in [2.05, 4.69) is 10.6 Å². The first-order chi connectivity index (χ1) is 15.7. The van der Waals surface area contributed by atoms with Crippen molar-refractivity contribution < 1.29 is 24.2 Å². The third-order valence-electron chi connectivity index (χ3n) is 7.56. The lowest BCUT2D eigenvalue weighted by molar-refractivity contribution is -0.144. The van der Waals surface area contributed by atoms with Gasteiger partial charge in [-0.05, 0) is 63.6 Å². The van der Waals surface area contributed by atoms with E-state index < -0.39 is 29.1 Å². The lowest BCUT2D eigenvalue weighted by Gasteiger charge is -2.33. The maximum absolute atomic E-state index is 13.7. The van der Waals surface area contributed by atoms with Crippen LogP contribution in [0, 0.1) is 25.7 Å². The summed E-state index contributed by atoms with van der Waals surface area (Å²) in [6.07, 6.45) is 2.30. The summed E-state index contributed by atoms with van der Waals surface area (Å²) < 4.78 is 6.54. The largest absolute Gasteiger partial charge is 0.396 e. The van der Waals surface area contributed by atoms with Crippen molar-refractivity contribution in [2.45, 2.75) is 70.6 Å². The molecule has 1 aromatic rings. The SMILES string of the molecule is CCCNC(=O)[C@@H]1[C@H]2C(=O)N(CCCO)C(C(=O)Nc3cc(C)ccc3C)C23CC[C@@]1(C)O3. The summed E-state index contributed by atoms with van der Waals surface area (Å²) in [7, 11) is 0. The number of hydrogen-bond acceptors (Lipinski definition) is 5. The molecule has 5 atom stereocenters. The zero-order chi connectivity index (χ0) is 24.0. The van der Waals surface area contributed by atoms with Gasteiger partial charge >= 0.3 is 0 Å². The first-order valence-electron chi connectivity index (χ1n) is 12.0. The molecule has 0 aliphatic carbocycles. The molecular formula is C25H35N3O5. The van der Waals surface area contributed by atoms with E-state index >= 15 is 0 Å². The maximum Gasteiger partial charge on any atom is 0.250 e. The van der Waals surface area contributed by atoms with Gasteiger partial charge in [-0.3, -0.25) is 14.4 Å². The Kier molecular flexibility index (Phi) is 6.26. The monoisotopic (exact) mass is 457 g/mol. The second-order valence-electron chi connectivity index (χ2n) is 9.94. The van der Waals surface area contributed by atoms with E-state index in [9.17, 15) is 19.5 Å². The van der Waals surface area contributed by atoms with Gasteiger partial charge < -0.3 is 25.4 Å². The number of nitrogens with zero attached hydrogens (tertiary/aromatic N) is 1. The Hall–Kier alpha value is -2.45. The average molecular weight is 458 g/mol. The van der Waals surface area contributed by atoms with Crippen molar-refractivity contribution in [3.05, 3.63) is 29.3 Å². The number of aryl methyl sites for hydroxylation is 2. The molecule has 3 N–H and O–H groups in total. The summed E-state index contributed by atoms with van der Waals surface area (Å²) in [4.78, 5) is 42.1. The quantitative estimate of drug-likeness (QED) is 0.553. The van der Waals surface area contributed by atoms with Crippen LogP contribution in [-0.4, -0.2) is 64.7 Å². The van der Waals surface area contributed by atoms with Crippen LogP contribution in [0.2, 0.25) is 0 Å². The number of carbonyl (C=O) groups is 3. The number of rotatable bonds is 8. The lowest BCUT2D eigenvalue weighted by Crippen LogP contribution is -2.53. The highest BCUT2D eigenvalue weighted by atomic mass is 16.5. The number of aliphatic hydroxyl groups is 1. The molecule has 1 spiro atoms. The highest BCUT2D eigenvalue weighted by Crippen LogP contribution is 2.63. The van der Waals surface area contributed by atoms with Crippen molar-refractivity contribution in [3.8, 4) is 0 Å². The molecule has 4 rings (SSSR count). The summed E-state index contributed by atoms with van der Waals surface area (Å²) in [5.74, 6) is -2.07. The first kappa shape index (κ1) is 23.7. The summed E-state index contributed by atoms with van der Waals surface area (Å²) in [6, 6.07) is 4.98. The highest BCUT2D eigenvalue weighted by Gasteiger charge is 2.77. The van der Waals surface area contributed by atoms with Gasteiger partial charge in [0.2, 0.25) is 17.7 Å². The minimum Gasteiger partial charge on any atom is -0.396 e. The van der Waals surface area contributed by atoms with E-state index in [1.807, 2.05) is 45.9 Å². The average Bonchev–Trinajstić information content (AvgIpc) is 3.33. The second-order valence-corrected chi connectivity index (χ2v) is 9.94. The van der Waals surface area contributed by atoms with Crippen molar-refractivity contribution in [2.24, 2.45) is 11.8 Å². The first-order valence-corrected chi connectivity index (χ1v) is 12.0. The third kappa shape index (κ3) is 3.73.